The molecule has 1 aliphatic heterocycles. The number of amides is 3. The second kappa shape index (κ2) is 22.7. The summed E-state index contributed by atoms with van der Waals surface area (Å²) in [5.74, 6) is -1.12. The van der Waals surface area contributed by atoms with Gasteiger partial charge in [-0.2, -0.15) is 0 Å². The van der Waals surface area contributed by atoms with E-state index in [-0.39, 0.29) is 44.7 Å². The van der Waals surface area contributed by atoms with Crippen LogP contribution < -0.4 is 15.5 Å². The summed E-state index contributed by atoms with van der Waals surface area (Å²) in [5, 5.41) is 10.1. The van der Waals surface area contributed by atoms with Crippen LogP contribution in [0.25, 0.3) is 27.3 Å². The van der Waals surface area contributed by atoms with E-state index in [2.05, 4.69) is 83.8 Å². The van der Waals surface area contributed by atoms with E-state index in [1.807, 2.05) is 95.1 Å². The van der Waals surface area contributed by atoms with Crippen molar-refractivity contribution < 1.29 is 37.9 Å². The van der Waals surface area contributed by atoms with Crippen molar-refractivity contribution >= 4 is 62.3 Å². The Bertz CT molecular complexity index is 2770. The average Bonchev–Trinajstić information content (AvgIpc) is 4.15. The lowest BCUT2D eigenvalue weighted by Crippen LogP contribution is -2.58. The van der Waals surface area contributed by atoms with Gasteiger partial charge in [-0.1, -0.05) is 62.3 Å². The van der Waals surface area contributed by atoms with Crippen molar-refractivity contribution in [1.29, 1.82) is 0 Å². The number of imidazole rings is 1. The minimum atomic E-state index is -1.02. The van der Waals surface area contributed by atoms with E-state index < -0.39 is 41.4 Å². The van der Waals surface area contributed by atoms with Crippen LogP contribution in [0.4, 0.5) is 11.4 Å². The minimum Gasteiger partial charge on any atom is -0.461 e. The molecule has 4 atom stereocenters. The van der Waals surface area contributed by atoms with E-state index in [1.165, 1.54) is 11.8 Å². The monoisotopic (exact) mass is 1040 g/mol. The number of aromatic nitrogens is 4. The number of nitrogens with zero attached hydrogens (tertiary/aromatic N) is 6. The highest BCUT2D eigenvalue weighted by molar-refractivity contribution is 9.10. The molecule has 70 heavy (non-hydrogen) atoms. The first-order valence-electron chi connectivity index (χ1n) is 23.2. The van der Waals surface area contributed by atoms with E-state index in [1.54, 1.807) is 23.9 Å². The van der Waals surface area contributed by atoms with E-state index in [0.29, 0.717) is 13.2 Å². The lowest BCUT2D eigenvalue weighted by atomic mass is 9.85. The number of anilines is 2. The maximum absolute atomic E-state index is 14.4. The molecule has 1 saturated heterocycles. The molecule has 18 heteroatoms. The van der Waals surface area contributed by atoms with Gasteiger partial charge in [-0.3, -0.25) is 19.2 Å². The highest BCUT2D eigenvalue weighted by Gasteiger charge is 2.46. The molecule has 1 aliphatic rings. The maximum atomic E-state index is 14.4. The van der Waals surface area contributed by atoms with Crippen LogP contribution in [0.2, 0.25) is 0 Å². The second-order valence-electron chi connectivity index (χ2n) is 18.6. The Kier molecular flexibility index (Phi) is 16.7. The predicted octanol–water partition coefficient (Wildman–Crippen LogP) is 8.76. The van der Waals surface area contributed by atoms with Gasteiger partial charge in [0.2, 0.25) is 17.7 Å². The zero-order valence-corrected chi connectivity index (χ0v) is 43.5. The fourth-order valence-electron chi connectivity index (χ4n) is 8.68. The molecule has 3 aromatic carbocycles. The van der Waals surface area contributed by atoms with Crippen LogP contribution >= 0.6 is 27.3 Å². The molecule has 6 aromatic rings. The maximum Gasteiger partial charge on any atom is 0.302 e. The van der Waals surface area contributed by atoms with Gasteiger partial charge in [0.05, 0.1) is 66.2 Å². The number of esters is 1. The van der Waals surface area contributed by atoms with Crippen LogP contribution in [0.5, 0.6) is 0 Å². The summed E-state index contributed by atoms with van der Waals surface area (Å²) in [6, 6.07) is 18.0. The Hall–Kier alpha value is -6.21. The number of aryl methyl sites for hydroxylation is 4. The van der Waals surface area contributed by atoms with Crippen molar-refractivity contribution in [3.8, 4) is 27.3 Å². The third-order valence-corrected chi connectivity index (χ3v) is 13.9. The first-order chi connectivity index (χ1) is 33.4. The number of carbonyl (C=O) groups is 4. The van der Waals surface area contributed by atoms with E-state index in [9.17, 15) is 19.2 Å². The highest BCUT2D eigenvalue weighted by atomic mass is 79.9. The standard InChI is InChI=1S/C52H61BrN8O8S/c1-31-10-11-39(47-33(3)58-69-35(47)5)24-44(31)60(40-16-17-43(42(53)25-40)59-19-18-54-29-59)20-21-66-22-23-67-28-46(63)57-49(52(7,8)9)51(65)61-27-41(68-36(6)62)26-45(61)50(64)56-32(2)37-12-14-38(15-13-37)48-34(4)55-30-70-48/h10-19,24-25,29-30,32,41,45,49H,20-23,26-28H2,1-9H3,(H,56,64)(H,57,63)/t32-,41+,45-,49+/m0/s1. The molecule has 0 radical (unpaired) electrons. The van der Waals surface area contributed by atoms with Gasteiger partial charge in [0.1, 0.15) is 30.6 Å². The van der Waals surface area contributed by atoms with Crippen LogP contribution in [-0.2, 0) is 33.4 Å². The lowest BCUT2D eigenvalue weighted by molar-refractivity contribution is -0.147. The summed E-state index contributed by atoms with van der Waals surface area (Å²) in [6.07, 6.45) is 4.79. The smallest absolute Gasteiger partial charge is 0.302 e. The number of benzene rings is 3. The Morgan fingerprint density at radius 2 is 1.69 bits per heavy atom. The van der Waals surface area contributed by atoms with Crippen LogP contribution in [0, 0.1) is 33.1 Å². The first kappa shape index (κ1) is 51.6. The van der Waals surface area contributed by atoms with Crippen molar-refractivity contribution in [3.05, 3.63) is 118 Å². The number of likely N-dealkylation sites (tertiary alicyclic amines) is 1. The van der Waals surface area contributed by atoms with Crippen molar-refractivity contribution in [3.63, 3.8) is 0 Å². The molecular weight excluding hydrogens is 977 g/mol. The Morgan fingerprint density at radius 1 is 0.943 bits per heavy atom. The van der Waals surface area contributed by atoms with Crippen LogP contribution in [0.15, 0.2) is 93.9 Å². The number of hydrogen-bond donors (Lipinski definition) is 2. The number of rotatable bonds is 19. The molecular formula is C52H61BrN8O8S. The van der Waals surface area contributed by atoms with Crippen molar-refractivity contribution in [2.75, 3.05) is 44.4 Å². The van der Waals surface area contributed by atoms with Crippen LogP contribution in [-0.4, -0.2) is 106 Å². The Morgan fingerprint density at radius 3 is 2.33 bits per heavy atom. The number of thiazole rings is 1. The molecule has 370 valence electrons. The molecule has 0 spiro atoms. The molecule has 0 unspecified atom stereocenters. The normalized spacial score (nSPS) is 15.7. The zero-order valence-electron chi connectivity index (χ0n) is 41.1. The molecule has 16 nitrogen and oxygen atoms in total. The largest absolute Gasteiger partial charge is 0.461 e. The Labute approximate surface area is 421 Å². The quantitative estimate of drug-likeness (QED) is 0.0582. The van der Waals surface area contributed by atoms with Crippen molar-refractivity contribution in [2.24, 2.45) is 5.41 Å². The second-order valence-corrected chi connectivity index (χ2v) is 20.3. The molecule has 0 bridgehead atoms. The molecule has 7 rings (SSSR count). The third-order valence-electron chi connectivity index (χ3n) is 12.3. The average molecular weight is 1040 g/mol. The summed E-state index contributed by atoms with van der Waals surface area (Å²) in [5.41, 5.74) is 10.6. The summed E-state index contributed by atoms with van der Waals surface area (Å²) in [4.78, 5) is 67.1. The minimum absolute atomic E-state index is 0.00179. The molecule has 0 saturated carbocycles. The van der Waals surface area contributed by atoms with E-state index in [4.69, 9.17) is 18.7 Å². The van der Waals surface area contributed by atoms with Crippen LogP contribution in [0.1, 0.15) is 75.4 Å². The lowest BCUT2D eigenvalue weighted by Gasteiger charge is -2.35. The van der Waals surface area contributed by atoms with Crippen molar-refractivity contribution in [1.82, 2.24) is 35.2 Å². The zero-order chi connectivity index (χ0) is 50.3. The van der Waals surface area contributed by atoms with E-state index >= 15 is 0 Å². The van der Waals surface area contributed by atoms with Gasteiger partial charge >= 0.3 is 5.97 Å². The molecule has 1 fully saturated rings. The summed E-state index contributed by atoms with van der Waals surface area (Å²) in [7, 11) is 0. The fourth-order valence-corrected chi connectivity index (χ4v) is 10.1. The summed E-state index contributed by atoms with van der Waals surface area (Å²) in [6.45, 7) is 17.4. The molecule has 0 aliphatic carbocycles. The first-order valence-corrected chi connectivity index (χ1v) is 24.9. The van der Waals surface area contributed by atoms with E-state index in [0.717, 1.165) is 71.4 Å². The molecule has 3 amide bonds. The SMILES string of the molecule is CC(=O)O[C@@H]1C[C@@H](C(=O)N[C@@H](C)c2ccc(-c3scnc3C)cc2)N(C(=O)[C@@H](NC(=O)COCCOCCN(c2ccc(-n3ccnc3)c(Br)c2)c2cc(-c3c(C)noc3C)ccc2C)C(C)(C)C)C1. The number of hydrogen-bond acceptors (Lipinski definition) is 13. The number of carbonyl (C=O) groups excluding carboxylic acids is 4. The van der Waals surface area contributed by atoms with Gasteiger partial charge in [-0.05, 0) is 102 Å². The van der Waals surface area contributed by atoms with Gasteiger partial charge in [0.25, 0.3) is 0 Å². The number of ether oxygens (including phenoxy) is 3. The summed E-state index contributed by atoms with van der Waals surface area (Å²) >= 11 is 5.34. The molecule has 2 N–H and O–H groups in total. The van der Waals surface area contributed by atoms with Gasteiger partial charge in [0.15, 0.2) is 0 Å². The van der Waals surface area contributed by atoms with Gasteiger partial charge < -0.3 is 43.7 Å². The number of nitrogens with one attached hydrogen (secondary N) is 2. The topological polar surface area (TPSA) is 183 Å². The predicted molar refractivity (Wildman–Crippen MR) is 272 cm³/mol. The van der Waals surface area contributed by atoms with Gasteiger partial charge in [-0.15, -0.1) is 11.3 Å². The molecule has 4 heterocycles. The Balaban J connectivity index is 0.954. The van der Waals surface area contributed by atoms with Gasteiger partial charge in [0, 0.05) is 53.7 Å². The van der Waals surface area contributed by atoms with Gasteiger partial charge in [-0.25, -0.2) is 9.97 Å². The summed E-state index contributed by atoms with van der Waals surface area (Å²) < 4.78 is 25.7. The highest BCUT2D eigenvalue weighted by Crippen LogP contribution is 2.37. The van der Waals surface area contributed by atoms with Crippen molar-refractivity contribution in [2.45, 2.75) is 93.0 Å². The number of halogens is 1. The van der Waals surface area contributed by atoms with Crippen LogP contribution in [0.3, 0.4) is 0 Å². The fraction of sp³-hybridized carbons (Fsp3) is 0.404. The third kappa shape index (κ3) is 12.4. The molecule has 3 aromatic heterocycles.